The van der Waals surface area contributed by atoms with Crippen LogP contribution in [-0.2, 0) is 9.53 Å². The van der Waals surface area contributed by atoms with Gasteiger partial charge in [0.05, 0.1) is 18.6 Å². The van der Waals surface area contributed by atoms with E-state index in [1.54, 1.807) is 6.26 Å². The van der Waals surface area contributed by atoms with Gasteiger partial charge in [0.15, 0.2) is 5.54 Å². The molecule has 30 heavy (non-hydrogen) atoms. The first-order chi connectivity index (χ1) is 14.7. The molecule has 0 saturated heterocycles. The van der Waals surface area contributed by atoms with Crippen LogP contribution in [0.5, 0.6) is 0 Å². The van der Waals surface area contributed by atoms with Crippen molar-refractivity contribution in [2.75, 3.05) is 6.61 Å². The van der Waals surface area contributed by atoms with E-state index in [2.05, 4.69) is 12.2 Å². The average Bonchev–Trinajstić information content (AvgIpc) is 3.47. The molecule has 3 aromatic rings. The number of rotatable bonds is 7. The molecule has 0 aliphatic carbocycles. The molecule has 152 valence electrons. The maximum Gasteiger partial charge on any atom is 0.335 e. The molecule has 0 N–H and O–H groups in total. The van der Waals surface area contributed by atoms with Crippen molar-refractivity contribution in [2.24, 2.45) is 4.99 Å². The molecule has 0 radical (unpaired) electrons. The molecule has 2 heterocycles. The third-order valence-corrected chi connectivity index (χ3v) is 5.47. The van der Waals surface area contributed by atoms with Gasteiger partial charge in [0.1, 0.15) is 5.76 Å². The number of carbonyl (C=O) groups excluding carboxylic acids is 1. The van der Waals surface area contributed by atoms with Gasteiger partial charge in [-0.25, -0.2) is 4.79 Å². The van der Waals surface area contributed by atoms with E-state index < -0.39 is 5.54 Å². The topological polar surface area (TPSA) is 51.8 Å². The second-order valence-corrected chi connectivity index (χ2v) is 7.34. The number of nitrogens with zero attached hydrogens (tertiary/aromatic N) is 1. The van der Waals surface area contributed by atoms with Gasteiger partial charge < -0.3 is 9.15 Å². The van der Waals surface area contributed by atoms with Crippen molar-refractivity contribution in [2.45, 2.75) is 31.2 Å². The van der Waals surface area contributed by atoms with Gasteiger partial charge >= 0.3 is 5.97 Å². The van der Waals surface area contributed by atoms with Crippen LogP contribution < -0.4 is 0 Å². The normalized spacial score (nSPS) is 19.6. The second kappa shape index (κ2) is 8.95. The van der Waals surface area contributed by atoms with Gasteiger partial charge in [0.25, 0.3) is 0 Å². The van der Waals surface area contributed by atoms with E-state index in [1.165, 1.54) is 0 Å². The molecule has 0 spiro atoms. The number of benzene rings is 2. The van der Waals surface area contributed by atoms with Crippen LogP contribution in [0.25, 0.3) is 6.08 Å². The lowest BCUT2D eigenvalue weighted by atomic mass is 9.77. The van der Waals surface area contributed by atoms with E-state index in [0.717, 1.165) is 16.8 Å². The van der Waals surface area contributed by atoms with E-state index in [1.807, 2.05) is 79.7 Å². The quantitative estimate of drug-likeness (QED) is 0.482. The Morgan fingerprint density at radius 1 is 1.10 bits per heavy atom. The Hall–Kier alpha value is -3.40. The summed E-state index contributed by atoms with van der Waals surface area (Å²) in [6.07, 6.45) is 7.00. The van der Waals surface area contributed by atoms with E-state index in [-0.39, 0.29) is 11.9 Å². The molecule has 0 amide bonds. The summed E-state index contributed by atoms with van der Waals surface area (Å²) >= 11 is 0. The van der Waals surface area contributed by atoms with Crippen molar-refractivity contribution in [3.05, 3.63) is 102 Å². The van der Waals surface area contributed by atoms with Gasteiger partial charge in [-0.15, -0.1) is 0 Å². The predicted molar refractivity (Wildman–Crippen MR) is 119 cm³/mol. The molecule has 0 saturated carbocycles. The minimum atomic E-state index is -1.02. The maximum atomic E-state index is 13.3. The van der Waals surface area contributed by atoms with Crippen molar-refractivity contribution in [3.8, 4) is 0 Å². The third-order valence-electron chi connectivity index (χ3n) is 5.47. The van der Waals surface area contributed by atoms with Crippen LogP contribution >= 0.6 is 0 Å². The Balaban J connectivity index is 1.81. The first-order valence-corrected chi connectivity index (χ1v) is 10.3. The van der Waals surface area contributed by atoms with Gasteiger partial charge in [-0.3, -0.25) is 4.99 Å². The van der Waals surface area contributed by atoms with Gasteiger partial charge in [-0.1, -0.05) is 72.8 Å². The monoisotopic (exact) mass is 399 g/mol. The van der Waals surface area contributed by atoms with Gasteiger partial charge in [-0.05, 0) is 43.0 Å². The van der Waals surface area contributed by atoms with Crippen LogP contribution in [0.1, 0.15) is 42.6 Å². The molecule has 4 nitrogen and oxygen atoms in total. The van der Waals surface area contributed by atoms with Gasteiger partial charge in [-0.2, -0.15) is 0 Å². The minimum Gasteiger partial charge on any atom is -0.464 e. The highest BCUT2D eigenvalue weighted by Crippen LogP contribution is 2.43. The summed E-state index contributed by atoms with van der Waals surface area (Å²) in [6.45, 7) is 2.14. The highest BCUT2D eigenvalue weighted by molar-refractivity contribution is 6.03. The summed E-state index contributed by atoms with van der Waals surface area (Å²) in [6, 6.07) is 23.8. The Morgan fingerprint density at radius 2 is 1.83 bits per heavy atom. The smallest absolute Gasteiger partial charge is 0.335 e. The van der Waals surface area contributed by atoms with Crippen molar-refractivity contribution in [1.29, 1.82) is 0 Å². The lowest BCUT2D eigenvalue weighted by Crippen LogP contribution is -2.42. The highest BCUT2D eigenvalue weighted by Gasteiger charge is 2.50. The first kappa shape index (κ1) is 19.9. The summed E-state index contributed by atoms with van der Waals surface area (Å²) in [5.41, 5.74) is 1.89. The molecular formula is C26H25NO3. The Bertz CT molecular complexity index is 1020. The molecule has 1 aliphatic rings. The average molecular weight is 399 g/mol. The van der Waals surface area contributed by atoms with Crippen LogP contribution in [0.4, 0.5) is 0 Å². The lowest BCUT2D eigenvalue weighted by molar-refractivity contribution is -0.150. The molecule has 4 heteroatoms. The Kier molecular flexibility index (Phi) is 5.94. The van der Waals surface area contributed by atoms with Crippen LogP contribution in [0.2, 0.25) is 0 Å². The van der Waals surface area contributed by atoms with Crippen molar-refractivity contribution < 1.29 is 13.9 Å². The Morgan fingerprint density at radius 3 is 2.50 bits per heavy atom. The van der Waals surface area contributed by atoms with Gasteiger partial charge in [0.2, 0.25) is 0 Å². The number of furan rings is 1. The van der Waals surface area contributed by atoms with Crippen LogP contribution in [0.3, 0.4) is 0 Å². The lowest BCUT2D eigenvalue weighted by Gasteiger charge is -2.31. The van der Waals surface area contributed by atoms with Crippen LogP contribution in [-0.4, -0.2) is 23.8 Å². The molecule has 4 rings (SSSR count). The number of carbonyl (C=O) groups is 1. The zero-order valence-corrected chi connectivity index (χ0v) is 17.0. The number of aliphatic imine (C=N–C) groups is 1. The van der Waals surface area contributed by atoms with Crippen molar-refractivity contribution >= 4 is 17.8 Å². The summed E-state index contributed by atoms with van der Waals surface area (Å²) in [5.74, 6) is 0.156. The SMILES string of the molecule is CCOC(=O)[C@@]1([C@@H](/C=C/c2ccccc2)c2ccccc2)CCC(c2ccco2)=N1. The molecule has 2 atom stereocenters. The third kappa shape index (κ3) is 3.99. The number of hydrogen-bond donors (Lipinski definition) is 0. The van der Waals surface area contributed by atoms with E-state index in [4.69, 9.17) is 14.1 Å². The van der Waals surface area contributed by atoms with Crippen LogP contribution in [0.15, 0.2) is 94.5 Å². The molecule has 0 bridgehead atoms. The van der Waals surface area contributed by atoms with E-state index in [0.29, 0.717) is 25.2 Å². The summed E-state index contributed by atoms with van der Waals surface area (Å²) < 4.78 is 11.1. The molecular weight excluding hydrogens is 374 g/mol. The molecule has 0 unspecified atom stereocenters. The fourth-order valence-electron chi connectivity index (χ4n) is 4.02. The van der Waals surface area contributed by atoms with Crippen LogP contribution in [0, 0.1) is 0 Å². The molecule has 1 aromatic heterocycles. The largest absolute Gasteiger partial charge is 0.464 e. The Labute approximate surface area is 176 Å². The van der Waals surface area contributed by atoms with E-state index in [9.17, 15) is 4.79 Å². The first-order valence-electron chi connectivity index (χ1n) is 10.3. The summed E-state index contributed by atoms with van der Waals surface area (Å²) in [7, 11) is 0. The summed E-state index contributed by atoms with van der Waals surface area (Å²) in [4.78, 5) is 18.3. The molecule has 1 aliphatic heterocycles. The zero-order chi connectivity index (χ0) is 20.8. The highest BCUT2D eigenvalue weighted by atomic mass is 16.5. The fraction of sp³-hybridized carbons (Fsp3) is 0.231. The standard InChI is InChI=1S/C26H25NO3/c1-2-29-25(28)26(18-17-23(27-26)24-14-9-19-30-24)22(21-12-7-4-8-13-21)16-15-20-10-5-3-6-11-20/h3-16,19,22H,2,17-18H2,1H3/b16-15+/t22-,26-/m0/s1. The zero-order valence-electron chi connectivity index (χ0n) is 17.0. The van der Waals surface area contributed by atoms with Crippen molar-refractivity contribution in [3.63, 3.8) is 0 Å². The van der Waals surface area contributed by atoms with Crippen molar-refractivity contribution in [1.82, 2.24) is 0 Å². The van der Waals surface area contributed by atoms with Gasteiger partial charge in [0, 0.05) is 5.92 Å². The van der Waals surface area contributed by atoms with E-state index >= 15 is 0 Å². The minimum absolute atomic E-state index is 0.259. The number of hydrogen-bond acceptors (Lipinski definition) is 4. The molecule has 0 fully saturated rings. The second-order valence-electron chi connectivity index (χ2n) is 7.34. The number of ether oxygens (including phenoxy) is 1. The fourth-order valence-corrected chi connectivity index (χ4v) is 4.02. The molecule has 2 aromatic carbocycles. The number of esters is 1. The predicted octanol–water partition coefficient (Wildman–Crippen LogP) is 5.66. The maximum absolute atomic E-state index is 13.3. The summed E-state index contributed by atoms with van der Waals surface area (Å²) in [5, 5.41) is 0.